The van der Waals surface area contributed by atoms with Gasteiger partial charge in [0.25, 0.3) is 0 Å². The van der Waals surface area contributed by atoms with Gasteiger partial charge in [-0.25, -0.2) is 0 Å². The first kappa shape index (κ1) is 14.7. The Morgan fingerprint density at radius 2 is 1.35 bits per heavy atom. The molecule has 2 aromatic rings. The molecule has 0 atom stereocenters. The van der Waals surface area contributed by atoms with Crippen molar-refractivity contribution in [1.82, 2.24) is 0 Å². The second kappa shape index (κ2) is 6.16. The van der Waals surface area contributed by atoms with Gasteiger partial charge in [-0.1, -0.05) is 11.6 Å². The van der Waals surface area contributed by atoms with Crippen LogP contribution in [0.15, 0.2) is 48.5 Å². The van der Waals surface area contributed by atoms with Gasteiger partial charge in [-0.15, -0.1) is 0 Å². The Kier molecular flexibility index (Phi) is 4.53. The molecule has 0 spiro atoms. The van der Waals surface area contributed by atoms with E-state index in [4.69, 9.17) is 26.2 Å². The number of hydrogen-bond donors (Lipinski definition) is 1. The summed E-state index contributed by atoms with van der Waals surface area (Å²) in [5, 5.41) is 9.84. The van der Waals surface area contributed by atoms with E-state index in [1.165, 1.54) is 0 Å². The second-order valence-corrected chi connectivity index (χ2v) is 5.48. The van der Waals surface area contributed by atoms with E-state index < -0.39 is 5.60 Å². The quantitative estimate of drug-likeness (QED) is 0.894. The van der Waals surface area contributed by atoms with Gasteiger partial charge in [-0.05, 0) is 62.4 Å². The Bertz CT molecular complexity index is 547. The van der Waals surface area contributed by atoms with Crippen molar-refractivity contribution in [3.63, 3.8) is 0 Å². The highest BCUT2D eigenvalue weighted by molar-refractivity contribution is 6.30. The van der Waals surface area contributed by atoms with Crippen molar-refractivity contribution in [1.29, 1.82) is 0 Å². The number of hydrogen-bond acceptors (Lipinski definition) is 3. The summed E-state index contributed by atoms with van der Waals surface area (Å²) >= 11 is 5.82. The van der Waals surface area contributed by atoms with Gasteiger partial charge in [0.1, 0.15) is 22.8 Å². The van der Waals surface area contributed by atoms with Crippen molar-refractivity contribution in [2.45, 2.75) is 19.4 Å². The van der Waals surface area contributed by atoms with Crippen molar-refractivity contribution in [3.05, 3.63) is 53.6 Å². The number of halogens is 1. The maximum atomic E-state index is 9.17. The normalized spacial score (nSPS) is 11.2. The molecule has 0 saturated carbocycles. The van der Waals surface area contributed by atoms with Gasteiger partial charge in [0.05, 0.1) is 6.61 Å². The van der Waals surface area contributed by atoms with E-state index in [-0.39, 0.29) is 6.61 Å². The summed E-state index contributed by atoms with van der Waals surface area (Å²) in [7, 11) is 0. The summed E-state index contributed by atoms with van der Waals surface area (Å²) < 4.78 is 11.3. The molecular formula is C16H17ClO3. The zero-order chi connectivity index (χ0) is 14.6. The van der Waals surface area contributed by atoms with Crippen LogP contribution in [0.1, 0.15) is 13.8 Å². The lowest BCUT2D eigenvalue weighted by atomic mass is 10.1. The first-order chi connectivity index (χ1) is 9.48. The minimum atomic E-state index is -0.599. The van der Waals surface area contributed by atoms with Crippen molar-refractivity contribution in [3.8, 4) is 17.2 Å². The van der Waals surface area contributed by atoms with E-state index in [9.17, 15) is 0 Å². The molecule has 0 radical (unpaired) electrons. The Balaban J connectivity index is 2.03. The van der Waals surface area contributed by atoms with Crippen LogP contribution in [-0.2, 0) is 0 Å². The zero-order valence-electron chi connectivity index (χ0n) is 11.5. The van der Waals surface area contributed by atoms with E-state index in [1.54, 1.807) is 12.1 Å². The Hall–Kier alpha value is -1.71. The molecule has 0 unspecified atom stereocenters. The predicted molar refractivity (Wildman–Crippen MR) is 79.8 cm³/mol. The number of aliphatic hydroxyl groups excluding tert-OH is 1. The van der Waals surface area contributed by atoms with Crippen LogP contribution in [-0.4, -0.2) is 17.3 Å². The van der Waals surface area contributed by atoms with Gasteiger partial charge >= 0.3 is 0 Å². The lowest BCUT2D eigenvalue weighted by Crippen LogP contribution is -2.32. The van der Waals surface area contributed by atoms with Crippen molar-refractivity contribution in [2.24, 2.45) is 0 Å². The van der Waals surface area contributed by atoms with Gasteiger partial charge in [0, 0.05) is 5.02 Å². The van der Waals surface area contributed by atoms with Gasteiger partial charge in [0.15, 0.2) is 0 Å². The number of ether oxygens (including phenoxy) is 2. The lowest BCUT2D eigenvalue weighted by Gasteiger charge is -2.23. The molecule has 1 N–H and O–H groups in total. The fourth-order valence-corrected chi connectivity index (χ4v) is 1.69. The predicted octanol–water partition coefficient (Wildman–Crippen LogP) is 4.28. The lowest BCUT2D eigenvalue weighted by molar-refractivity contribution is 0.0412. The second-order valence-electron chi connectivity index (χ2n) is 5.05. The molecule has 4 heteroatoms. The molecule has 3 nitrogen and oxygen atoms in total. The Morgan fingerprint density at radius 1 is 0.900 bits per heavy atom. The summed E-state index contributed by atoms with van der Waals surface area (Å²) in [5.74, 6) is 2.12. The van der Waals surface area contributed by atoms with Crippen LogP contribution in [0.2, 0.25) is 5.02 Å². The Morgan fingerprint density at radius 3 is 1.85 bits per heavy atom. The topological polar surface area (TPSA) is 38.7 Å². The van der Waals surface area contributed by atoms with E-state index in [1.807, 2.05) is 50.2 Å². The van der Waals surface area contributed by atoms with Crippen LogP contribution < -0.4 is 9.47 Å². The van der Waals surface area contributed by atoms with Crippen LogP contribution in [0.25, 0.3) is 0 Å². The molecule has 0 aliphatic carbocycles. The van der Waals surface area contributed by atoms with E-state index in [2.05, 4.69) is 0 Å². The molecule has 106 valence electrons. The summed E-state index contributed by atoms with van der Waals surface area (Å²) in [6.45, 7) is 3.60. The summed E-state index contributed by atoms with van der Waals surface area (Å²) in [6, 6.07) is 14.4. The third kappa shape index (κ3) is 4.15. The van der Waals surface area contributed by atoms with Crippen molar-refractivity contribution in [2.75, 3.05) is 6.61 Å². The third-order valence-electron chi connectivity index (χ3n) is 2.65. The standard InChI is InChI=1S/C16H17ClO3/c1-16(2,11-18)20-15-9-7-14(8-10-15)19-13-5-3-12(17)4-6-13/h3-10,18H,11H2,1-2H3. The summed E-state index contributed by atoms with van der Waals surface area (Å²) in [6.07, 6.45) is 0. The zero-order valence-corrected chi connectivity index (χ0v) is 12.2. The minimum Gasteiger partial charge on any atom is -0.485 e. The molecule has 0 aromatic heterocycles. The third-order valence-corrected chi connectivity index (χ3v) is 2.90. The molecule has 0 amide bonds. The molecular weight excluding hydrogens is 276 g/mol. The molecule has 20 heavy (non-hydrogen) atoms. The molecule has 0 aliphatic rings. The minimum absolute atomic E-state index is 0.0456. The van der Waals surface area contributed by atoms with Crippen molar-refractivity contribution < 1.29 is 14.6 Å². The van der Waals surface area contributed by atoms with Crippen molar-refractivity contribution >= 4 is 11.6 Å². The van der Waals surface area contributed by atoms with Gasteiger partial charge in [-0.3, -0.25) is 0 Å². The first-order valence-electron chi connectivity index (χ1n) is 6.32. The van der Waals surface area contributed by atoms with E-state index in [0.29, 0.717) is 16.5 Å². The average molecular weight is 293 g/mol. The molecule has 2 aromatic carbocycles. The fraction of sp³-hybridized carbons (Fsp3) is 0.250. The maximum Gasteiger partial charge on any atom is 0.127 e. The fourth-order valence-electron chi connectivity index (χ4n) is 1.57. The first-order valence-corrected chi connectivity index (χ1v) is 6.70. The smallest absolute Gasteiger partial charge is 0.127 e. The molecule has 0 fully saturated rings. The number of rotatable bonds is 5. The molecule has 0 bridgehead atoms. The van der Waals surface area contributed by atoms with Crippen LogP contribution in [0.5, 0.6) is 17.2 Å². The summed E-state index contributed by atoms with van der Waals surface area (Å²) in [5.41, 5.74) is -0.599. The average Bonchev–Trinajstić information content (AvgIpc) is 2.43. The molecule has 0 aliphatic heterocycles. The van der Waals surface area contributed by atoms with E-state index >= 15 is 0 Å². The highest BCUT2D eigenvalue weighted by atomic mass is 35.5. The van der Waals surface area contributed by atoms with Crippen LogP contribution in [0, 0.1) is 0 Å². The molecule has 0 saturated heterocycles. The van der Waals surface area contributed by atoms with Gasteiger partial charge in [0.2, 0.25) is 0 Å². The van der Waals surface area contributed by atoms with Gasteiger partial charge < -0.3 is 14.6 Å². The number of aliphatic hydroxyl groups is 1. The largest absolute Gasteiger partial charge is 0.485 e. The Labute approximate surface area is 123 Å². The SMILES string of the molecule is CC(C)(CO)Oc1ccc(Oc2ccc(Cl)cc2)cc1. The van der Waals surface area contributed by atoms with Gasteiger partial charge in [-0.2, -0.15) is 0 Å². The monoisotopic (exact) mass is 292 g/mol. The summed E-state index contributed by atoms with van der Waals surface area (Å²) in [4.78, 5) is 0. The highest BCUT2D eigenvalue weighted by Gasteiger charge is 2.17. The van der Waals surface area contributed by atoms with Crippen LogP contribution >= 0.6 is 11.6 Å². The molecule has 0 heterocycles. The van der Waals surface area contributed by atoms with Crippen LogP contribution in [0.3, 0.4) is 0 Å². The highest BCUT2D eigenvalue weighted by Crippen LogP contribution is 2.26. The number of benzene rings is 2. The maximum absolute atomic E-state index is 9.17. The van der Waals surface area contributed by atoms with Crippen LogP contribution in [0.4, 0.5) is 0 Å². The van der Waals surface area contributed by atoms with E-state index in [0.717, 1.165) is 5.75 Å². The molecule has 2 rings (SSSR count).